The van der Waals surface area contributed by atoms with Crippen LogP contribution in [-0.4, -0.2) is 45.6 Å². The minimum absolute atomic E-state index is 0.137. The van der Waals surface area contributed by atoms with Crippen molar-refractivity contribution in [1.29, 1.82) is 0 Å². The summed E-state index contributed by atoms with van der Waals surface area (Å²) >= 11 is 0. The SMILES string of the molecule is NCCNCC1CC=CC=C1C1COCCO1. The molecular weight excluding hydrogens is 216 g/mol. The van der Waals surface area contributed by atoms with Crippen LogP contribution in [0.25, 0.3) is 0 Å². The number of nitrogens with one attached hydrogen (secondary N) is 1. The summed E-state index contributed by atoms with van der Waals surface area (Å²) in [7, 11) is 0. The van der Waals surface area contributed by atoms with Crippen molar-refractivity contribution >= 4 is 0 Å². The van der Waals surface area contributed by atoms with E-state index in [1.54, 1.807) is 0 Å². The van der Waals surface area contributed by atoms with Gasteiger partial charge in [-0.1, -0.05) is 18.2 Å². The van der Waals surface area contributed by atoms with E-state index in [0.29, 0.717) is 25.7 Å². The molecule has 1 heterocycles. The molecule has 0 spiro atoms. The summed E-state index contributed by atoms with van der Waals surface area (Å²) in [5, 5.41) is 3.38. The Labute approximate surface area is 103 Å². The molecule has 4 nitrogen and oxygen atoms in total. The molecule has 0 radical (unpaired) electrons. The van der Waals surface area contributed by atoms with Crippen molar-refractivity contribution in [2.45, 2.75) is 12.5 Å². The highest BCUT2D eigenvalue weighted by molar-refractivity contribution is 5.25. The lowest BCUT2D eigenvalue weighted by atomic mass is 9.87. The maximum Gasteiger partial charge on any atom is 0.103 e. The van der Waals surface area contributed by atoms with E-state index < -0.39 is 0 Å². The molecule has 2 unspecified atom stereocenters. The van der Waals surface area contributed by atoms with Crippen molar-refractivity contribution in [3.05, 3.63) is 23.8 Å². The second-order valence-electron chi connectivity index (χ2n) is 4.45. The van der Waals surface area contributed by atoms with Crippen molar-refractivity contribution < 1.29 is 9.47 Å². The van der Waals surface area contributed by atoms with Gasteiger partial charge < -0.3 is 20.5 Å². The zero-order chi connectivity index (χ0) is 11.9. The first-order valence-corrected chi connectivity index (χ1v) is 6.38. The van der Waals surface area contributed by atoms with Crippen LogP contribution in [0.4, 0.5) is 0 Å². The highest BCUT2D eigenvalue weighted by atomic mass is 16.6. The Balaban J connectivity index is 1.90. The molecule has 3 N–H and O–H groups in total. The van der Waals surface area contributed by atoms with E-state index in [1.807, 2.05) is 0 Å². The lowest BCUT2D eigenvalue weighted by Gasteiger charge is -2.31. The summed E-state index contributed by atoms with van der Waals surface area (Å²) in [5.41, 5.74) is 6.84. The van der Waals surface area contributed by atoms with Crippen LogP contribution in [0, 0.1) is 5.92 Å². The van der Waals surface area contributed by atoms with Crippen LogP contribution in [0.15, 0.2) is 23.8 Å². The van der Waals surface area contributed by atoms with Crippen LogP contribution in [0.3, 0.4) is 0 Å². The summed E-state index contributed by atoms with van der Waals surface area (Å²) in [6.07, 6.45) is 7.72. The van der Waals surface area contributed by atoms with E-state index in [9.17, 15) is 0 Å². The molecule has 1 saturated heterocycles. The number of allylic oxidation sites excluding steroid dienone is 3. The van der Waals surface area contributed by atoms with Gasteiger partial charge in [-0.15, -0.1) is 0 Å². The van der Waals surface area contributed by atoms with Crippen molar-refractivity contribution in [3.63, 3.8) is 0 Å². The molecule has 0 aromatic rings. The van der Waals surface area contributed by atoms with Crippen LogP contribution in [0.5, 0.6) is 0 Å². The number of hydrogen-bond donors (Lipinski definition) is 2. The number of nitrogens with two attached hydrogens (primary N) is 1. The largest absolute Gasteiger partial charge is 0.376 e. The van der Waals surface area contributed by atoms with E-state index in [0.717, 1.165) is 26.1 Å². The van der Waals surface area contributed by atoms with Crippen LogP contribution < -0.4 is 11.1 Å². The molecule has 4 heteroatoms. The first-order valence-electron chi connectivity index (χ1n) is 6.38. The molecule has 1 aliphatic carbocycles. The number of ether oxygens (including phenoxy) is 2. The minimum atomic E-state index is 0.137. The Kier molecular flexibility index (Phi) is 5.19. The third kappa shape index (κ3) is 3.64. The smallest absolute Gasteiger partial charge is 0.103 e. The van der Waals surface area contributed by atoms with Gasteiger partial charge in [0.25, 0.3) is 0 Å². The van der Waals surface area contributed by atoms with Crippen molar-refractivity contribution in [1.82, 2.24) is 5.32 Å². The Morgan fingerprint density at radius 2 is 2.35 bits per heavy atom. The summed E-state index contributed by atoms with van der Waals surface area (Å²) in [6.45, 7) is 4.63. The Hall–Kier alpha value is -0.680. The van der Waals surface area contributed by atoms with Gasteiger partial charge in [0.1, 0.15) is 6.10 Å². The van der Waals surface area contributed by atoms with Crippen LogP contribution in [0.2, 0.25) is 0 Å². The molecule has 0 aromatic carbocycles. The first-order chi connectivity index (χ1) is 8.42. The van der Waals surface area contributed by atoms with Gasteiger partial charge in [0.15, 0.2) is 0 Å². The fourth-order valence-corrected chi connectivity index (χ4v) is 2.32. The maximum atomic E-state index is 5.77. The number of rotatable bonds is 5. The second-order valence-corrected chi connectivity index (χ2v) is 4.45. The zero-order valence-corrected chi connectivity index (χ0v) is 10.2. The normalized spacial score (nSPS) is 29.1. The van der Waals surface area contributed by atoms with E-state index in [2.05, 4.69) is 23.5 Å². The Morgan fingerprint density at radius 3 is 3.12 bits per heavy atom. The van der Waals surface area contributed by atoms with Crippen LogP contribution in [0.1, 0.15) is 6.42 Å². The van der Waals surface area contributed by atoms with Gasteiger partial charge in [0.05, 0.1) is 19.8 Å². The lowest BCUT2D eigenvalue weighted by molar-refractivity contribution is -0.0754. The van der Waals surface area contributed by atoms with Gasteiger partial charge in [0, 0.05) is 19.6 Å². The zero-order valence-electron chi connectivity index (χ0n) is 10.2. The summed E-state index contributed by atoms with van der Waals surface area (Å²) in [6, 6.07) is 0. The first kappa shape index (κ1) is 12.8. The van der Waals surface area contributed by atoms with Crippen molar-refractivity contribution in [2.24, 2.45) is 11.7 Å². The molecule has 0 bridgehead atoms. The maximum absolute atomic E-state index is 5.77. The highest BCUT2D eigenvalue weighted by Crippen LogP contribution is 2.26. The molecular formula is C13H22N2O2. The average Bonchev–Trinajstić information content (AvgIpc) is 2.41. The molecule has 0 aromatic heterocycles. The minimum Gasteiger partial charge on any atom is -0.376 e. The van der Waals surface area contributed by atoms with Crippen LogP contribution in [-0.2, 0) is 9.47 Å². The summed E-state index contributed by atoms with van der Waals surface area (Å²) in [5.74, 6) is 0.512. The fourth-order valence-electron chi connectivity index (χ4n) is 2.32. The molecule has 1 fully saturated rings. The van der Waals surface area contributed by atoms with Gasteiger partial charge in [-0.05, 0) is 17.9 Å². The second kappa shape index (κ2) is 6.91. The highest BCUT2D eigenvalue weighted by Gasteiger charge is 2.25. The molecule has 2 atom stereocenters. The molecule has 0 amide bonds. The van der Waals surface area contributed by atoms with E-state index >= 15 is 0 Å². The van der Waals surface area contributed by atoms with Gasteiger partial charge in [0.2, 0.25) is 0 Å². The third-order valence-electron chi connectivity index (χ3n) is 3.22. The predicted molar refractivity (Wildman–Crippen MR) is 67.8 cm³/mol. The molecule has 0 saturated carbocycles. The summed E-state index contributed by atoms with van der Waals surface area (Å²) in [4.78, 5) is 0. The third-order valence-corrected chi connectivity index (χ3v) is 3.22. The Bertz CT molecular complexity index is 283. The monoisotopic (exact) mass is 238 g/mol. The summed E-state index contributed by atoms with van der Waals surface area (Å²) < 4.78 is 11.3. The van der Waals surface area contributed by atoms with Gasteiger partial charge in [-0.3, -0.25) is 0 Å². The fraction of sp³-hybridized carbons (Fsp3) is 0.692. The van der Waals surface area contributed by atoms with Gasteiger partial charge in [-0.2, -0.15) is 0 Å². The quantitative estimate of drug-likeness (QED) is 0.683. The Morgan fingerprint density at radius 1 is 1.41 bits per heavy atom. The van der Waals surface area contributed by atoms with Gasteiger partial charge >= 0.3 is 0 Å². The molecule has 2 rings (SSSR count). The average molecular weight is 238 g/mol. The van der Waals surface area contributed by atoms with E-state index in [4.69, 9.17) is 15.2 Å². The predicted octanol–water partition coefficient (Wildman–Crippen LogP) is 0.453. The van der Waals surface area contributed by atoms with Crippen molar-refractivity contribution in [3.8, 4) is 0 Å². The molecule has 17 heavy (non-hydrogen) atoms. The number of hydrogen-bond acceptors (Lipinski definition) is 4. The van der Waals surface area contributed by atoms with Gasteiger partial charge in [-0.25, -0.2) is 0 Å². The topological polar surface area (TPSA) is 56.5 Å². The molecule has 1 aliphatic heterocycles. The van der Waals surface area contributed by atoms with Crippen LogP contribution >= 0.6 is 0 Å². The molecule has 96 valence electrons. The molecule has 2 aliphatic rings. The van der Waals surface area contributed by atoms with E-state index in [1.165, 1.54) is 5.57 Å². The van der Waals surface area contributed by atoms with E-state index in [-0.39, 0.29) is 6.10 Å². The standard InChI is InChI=1S/C13H22N2O2/c14-5-6-15-9-11-3-1-2-4-12(11)13-10-16-7-8-17-13/h1-2,4,11,13,15H,3,5-10,14H2. The lowest BCUT2D eigenvalue weighted by Crippen LogP contribution is -2.37. The van der Waals surface area contributed by atoms with Crippen molar-refractivity contribution in [2.75, 3.05) is 39.5 Å².